The minimum atomic E-state index is -1.07. The fraction of sp³-hybridized carbons (Fsp3) is 0.511. The number of nitrogens with two attached hydrogens (primary N) is 2. The number of nitrogens with zero attached hydrogens (tertiary/aromatic N) is 1. The van der Waals surface area contributed by atoms with Gasteiger partial charge in [-0.15, -0.1) is 0 Å². The van der Waals surface area contributed by atoms with Gasteiger partial charge in [0.05, 0.1) is 35.2 Å². The van der Waals surface area contributed by atoms with E-state index >= 15 is 0 Å². The van der Waals surface area contributed by atoms with Crippen molar-refractivity contribution in [2.24, 2.45) is 28.7 Å². The lowest BCUT2D eigenvalue weighted by molar-refractivity contribution is -0.127. The highest BCUT2D eigenvalue weighted by Crippen LogP contribution is 2.50. The number of aromatic nitrogens is 2. The number of hydrogen-bond acceptors (Lipinski definition) is 8. The van der Waals surface area contributed by atoms with E-state index in [-0.39, 0.29) is 18.6 Å². The second kappa shape index (κ2) is 17.9. The van der Waals surface area contributed by atoms with Crippen molar-refractivity contribution in [1.29, 1.82) is 0 Å². The summed E-state index contributed by atoms with van der Waals surface area (Å²) in [6.45, 7) is 4.12. The van der Waals surface area contributed by atoms with E-state index < -0.39 is 48.0 Å². The first-order valence-corrected chi connectivity index (χ1v) is 21.0. The SMILES string of the molecule is CCCCCC(C(=O)CCc1ccc2c(c1)OC1C(C#CC(O)c3ccc(C(N)N)cc3Cc3c[nH]c4cn1cc34)C1(C#CO2)CCCC1)C(O)CC(O)CCC. The zero-order valence-electron chi connectivity index (χ0n) is 33.3. The minimum absolute atomic E-state index is 0.00662. The van der Waals surface area contributed by atoms with E-state index in [0.29, 0.717) is 42.7 Å². The molecule has 2 aliphatic heterocycles. The van der Waals surface area contributed by atoms with Crippen molar-refractivity contribution < 1.29 is 29.6 Å². The van der Waals surface area contributed by atoms with Gasteiger partial charge in [-0.1, -0.05) is 94.4 Å². The second-order valence-corrected chi connectivity index (χ2v) is 16.5. The molecule has 6 atom stereocenters. The van der Waals surface area contributed by atoms with E-state index in [1.165, 1.54) is 0 Å². The number of aryl methyl sites for hydroxylation is 1. The summed E-state index contributed by atoms with van der Waals surface area (Å²) in [5, 5.41) is 34.3. The number of fused-ring (bicyclic) bond motifs is 6. The number of carbonyl (C=O) groups is 1. The molecule has 57 heavy (non-hydrogen) atoms. The van der Waals surface area contributed by atoms with Gasteiger partial charge in [0, 0.05) is 42.7 Å². The Hall–Kier alpha value is -4.55. The van der Waals surface area contributed by atoms with Crippen LogP contribution in [0.1, 0.15) is 137 Å². The number of aromatic amines is 1. The Morgan fingerprint density at radius 3 is 2.60 bits per heavy atom. The van der Waals surface area contributed by atoms with Crippen LogP contribution in [-0.2, 0) is 17.6 Å². The number of benzene rings is 2. The Morgan fingerprint density at radius 1 is 1.00 bits per heavy atom. The van der Waals surface area contributed by atoms with E-state index in [9.17, 15) is 20.1 Å². The van der Waals surface area contributed by atoms with Crippen LogP contribution in [0.25, 0.3) is 10.9 Å². The number of Topliss-reactive ketones (excluding diaryl/α,β-unsaturated/α-hetero) is 1. The summed E-state index contributed by atoms with van der Waals surface area (Å²) < 4.78 is 15.3. The van der Waals surface area contributed by atoms with Gasteiger partial charge in [-0.25, -0.2) is 0 Å². The molecule has 4 heterocycles. The van der Waals surface area contributed by atoms with Crippen molar-refractivity contribution in [3.05, 3.63) is 82.8 Å². The van der Waals surface area contributed by atoms with Crippen LogP contribution in [0.15, 0.2) is 55.0 Å². The maximum atomic E-state index is 13.7. The van der Waals surface area contributed by atoms with E-state index in [1.54, 1.807) is 0 Å². The topological polar surface area (TPSA) is 169 Å². The highest BCUT2D eigenvalue weighted by Gasteiger charge is 2.46. The van der Waals surface area contributed by atoms with E-state index in [1.807, 2.05) is 49.5 Å². The van der Waals surface area contributed by atoms with Gasteiger partial charge >= 0.3 is 0 Å². The molecule has 3 aliphatic rings. The summed E-state index contributed by atoms with van der Waals surface area (Å²) in [7, 11) is 0. The molecule has 1 saturated carbocycles. The summed E-state index contributed by atoms with van der Waals surface area (Å²) in [4.78, 5) is 17.2. The van der Waals surface area contributed by atoms with Gasteiger partial charge in [-0.2, -0.15) is 0 Å². The predicted molar refractivity (Wildman–Crippen MR) is 221 cm³/mol. The van der Waals surface area contributed by atoms with Crippen LogP contribution in [0.3, 0.4) is 0 Å². The highest BCUT2D eigenvalue weighted by atomic mass is 16.5. The molecule has 2 aromatic heterocycles. The fourth-order valence-corrected chi connectivity index (χ4v) is 9.11. The summed E-state index contributed by atoms with van der Waals surface area (Å²) in [5.41, 5.74) is 16.9. The summed E-state index contributed by atoms with van der Waals surface area (Å²) >= 11 is 0. The van der Waals surface area contributed by atoms with Gasteiger partial charge < -0.3 is 45.8 Å². The molecule has 0 radical (unpaired) electrons. The van der Waals surface area contributed by atoms with Crippen molar-refractivity contribution in [3.8, 4) is 35.4 Å². The molecule has 1 spiro atoms. The molecule has 2 bridgehead atoms. The number of ketones is 1. The molecule has 7 rings (SSSR count). The van der Waals surface area contributed by atoms with Crippen LogP contribution in [0, 0.1) is 41.1 Å². The molecule has 302 valence electrons. The third-order valence-electron chi connectivity index (χ3n) is 12.4. The van der Waals surface area contributed by atoms with Crippen LogP contribution in [-0.4, -0.2) is 42.9 Å². The lowest BCUT2D eigenvalue weighted by Crippen LogP contribution is -2.35. The zero-order valence-corrected chi connectivity index (χ0v) is 33.3. The van der Waals surface area contributed by atoms with Gasteiger partial charge in [0.15, 0.2) is 17.7 Å². The summed E-state index contributed by atoms with van der Waals surface area (Å²) in [6.07, 6.45) is 15.3. The Balaban J connectivity index is 1.23. The van der Waals surface area contributed by atoms with E-state index in [2.05, 4.69) is 52.7 Å². The number of rotatable bonds is 14. The molecule has 4 aromatic rings. The average molecular weight is 775 g/mol. The maximum Gasteiger partial charge on any atom is 0.191 e. The first kappa shape index (κ1) is 40.6. The average Bonchev–Trinajstić information content (AvgIpc) is 3.94. The van der Waals surface area contributed by atoms with Gasteiger partial charge in [0.25, 0.3) is 0 Å². The Bertz CT molecular complexity index is 2160. The van der Waals surface area contributed by atoms with Crippen molar-refractivity contribution in [2.45, 2.75) is 134 Å². The fourth-order valence-electron chi connectivity index (χ4n) is 9.11. The summed E-state index contributed by atoms with van der Waals surface area (Å²) in [5.74, 6) is 10.3. The normalized spacial score (nSPS) is 21.1. The summed E-state index contributed by atoms with van der Waals surface area (Å²) in [6, 6.07) is 11.4. The predicted octanol–water partition coefficient (Wildman–Crippen LogP) is 7.24. The largest absolute Gasteiger partial charge is 0.465 e. The Labute approximate surface area is 336 Å². The van der Waals surface area contributed by atoms with Gasteiger partial charge in [-0.05, 0) is 78.5 Å². The monoisotopic (exact) mass is 774 g/mol. The molecule has 6 unspecified atom stereocenters. The molecule has 2 aromatic carbocycles. The molecule has 1 fully saturated rings. The van der Waals surface area contributed by atoms with Crippen LogP contribution >= 0.6 is 0 Å². The zero-order chi connectivity index (χ0) is 40.1. The van der Waals surface area contributed by atoms with Gasteiger partial charge in [0.1, 0.15) is 18.0 Å². The number of H-pyrrole nitrogens is 1. The Kier molecular flexibility index (Phi) is 12.8. The lowest BCUT2D eigenvalue weighted by Gasteiger charge is -2.35. The number of hydrogen-bond donors (Lipinski definition) is 6. The first-order valence-electron chi connectivity index (χ1n) is 21.0. The third kappa shape index (κ3) is 8.97. The van der Waals surface area contributed by atoms with Gasteiger partial charge in [-0.3, -0.25) is 4.79 Å². The first-order chi connectivity index (χ1) is 27.6. The molecule has 0 amide bonds. The number of nitrogens with one attached hydrogen (secondary N) is 1. The molecule has 8 N–H and O–H groups in total. The van der Waals surface area contributed by atoms with Crippen molar-refractivity contribution in [3.63, 3.8) is 0 Å². The molecular formula is C47H58N4O6. The van der Waals surface area contributed by atoms with Crippen molar-refractivity contribution in [2.75, 3.05) is 0 Å². The number of ether oxygens (including phenoxy) is 2. The second-order valence-electron chi connectivity index (χ2n) is 16.5. The number of unbranched alkanes of at least 4 members (excludes halogenated alkanes) is 2. The molecular weight excluding hydrogens is 717 g/mol. The van der Waals surface area contributed by atoms with Crippen molar-refractivity contribution in [1.82, 2.24) is 9.55 Å². The van der Waals surface area contributed by atoms with Gasteiger partial charge in [0.2, 0.25) is 0 Å². The van der Waals surface area contributed by atoms with Crippen LogP contribution < -0.4 is 20.9 Å². The van der Waals surface area contributed by atoms with Crippen molar-refractivity contribution >= 4 is 16.7 Å². The third-order valence-corrected chi connectivity index (χ3v) is 12.4. The molecule has 1 aliphatic carbocycles. The number of aliphatic hydroxyl groups is 3. The minimum Gasteiger partial charge on any atom is -0.465 e. The Morgan fingerprint density at radius 2 is 1.82 bits per heavy atom. The molecule has 0 saturated heterocycles. The van der Waals surface area contributed by atoms with E-state index in [4.69, 9.17) is 20.9 Å². The number of aliphatic hydroxyl groups excluding tert-OH is 3. The maximum absolute atomic E-state index is 13.7. The quantitative estimate of drug-likeness (QED) is 0.0443. The van der Waals surface area contributed by atoms with Crippen LogP contribution in [0.2, 0.25) is 0 Å². The van der Waals surface area contributed by atoms with Crippen LogP contribution in [0.5, 0.6) is 11.5 Å². The van der Waals surface area contributed by atoms with E-state index in [0.717, 1.165) is 84.5 Å². The molecule has 10 nitrogen and oxygen atoms in total. The highest BCUT2D eigenvalue weighted by molar-refractivity contribution is 5.83. The number of carbonyl (C=O) groups excluding carboxylic acids is 1. The lowest BCUT2D eigenvalue weighted by atomic mass is 9.73. The van der Waals surface area contributed by atoms with Crippen LogP contribution in [0.4, 0.5) is 0 Å². The standard InChI is InChI=1S/C47H58N4O6/c1-3-5-6-10-36(42(55)26-34(52)9-4-2)41(54)16-11-30-12-18-43-44(23-30)57-46-38(47(21-22-56-43)19-7-8-20-47)15-17-40(53)35-14-13-31(45(48)49)24-32(35)25-33-27-50-39-29-51(46)28-37(33)39/h12-14,18,23-24,27-29,34,36,38,40,42,45-46,50,52-53,55H,3-11,16,19-20,25-26,48-49H2,1-2H3. The smallest absolute Gasteiger partial charge is 0.191 e. The molecule has 10 heteroatoms.